The molecule has 0 unspecified atom stereocenters. The summed E-state index contributed by atoms with van der Waals surface area (Å²) in [6.45, 7) is 1.25. The van der Waals surface area contributed by atoms with E-state index in [4.69, 9.17) is 11.6 Å². The summed E-state index contributed by atoms with van der Waals surface area (Å²) in [6, 6.07) is 16.9. The molecule has 1 aromatic heterocycles. The number of fused-ring (bicyclic) bond motifs is 1. The van der Waals surface area contributed by atoms with Gasteiger partial charge in [0.15, 0.2) is 5.69 Å². The standard InChI is InChI=1S/C17H13ClN4O/c18-13-7-4-8-14(11-13)21-9-10-22-16(23)15(19-20-17(21)22)12-5-2-1-3-6-12/h1-8,11H,9-10H2. The number of hydrogen-bond acceptors (Lipinski definition) is 4. The van der Waals surface area contributed by atoms with Crippen LogP contribution >= 0.6 is 11.6 Å². The van der Waals surface area contributed by atoms with Gasteiger partial charge in [0, 0.05) is 29.4 Å². The molecule has 0 atom stereocenters. The Morgan fingerprint density at radius 1 is 0.957 bits per heavy atom. The van der Waals surface area contributed by atoms with E-state index in [0.717, 1.165) is 11.3 Å². The van der Waals surface area contributed by atoms with Crippen LogP contribution in [0.2, 0.25) is 5.02 Å². The molecule has 0 radical (unpaired) electrons. The topological polar surface area (TPSA) is 51.0 Å². The molecule has 0 bridgehead atoms. The van der Waals surface area contributed by atoms with Gasteiger partial charge in [-0.3, -0.25) is 9.36 Å². The largest absolute Gasteiger partial charge is 0.309 e. The van der Waals surface area contributed by atoms with Gasteiger partial charge < -0.3 is 4.90 Å². The zero-order valence-electron chi connectivity index (χ0n) is 12.2. The minimum Gasteiger partial charge on any atom is -0.309 e. The summed E-state index contributed by atoms with van der Waals surface area (Å²) in [7, 11) is 0. The monoisotopic (exact) mass is 324 g/mol. The van der Waals surface area contributed by atoms with E-state index in [2.05, 4.69) is 10.2 Å². The third kappa shape index (κ3) is 2.39. The van der Waals surface area contributed by atoms with Crippen molar-refractivity contribution in [2.24, 2.45) is 0 Å². The molecule has 3 aromatic rings. The number of hydrogen-bond donors (Lipinski definition) is 0. The lowest BCUT2D eigenvalue weighted by molar-refractivity contribution is 0.742. The molecule has 0 spiro atoms. The fraction of sp³-hybridized carbons (Fsp3) is 0.118. The maximum absolute atomic E-state index is 12.7. The molecule has 0 saturated carbocycles. The minimum atomic E-state index is -0.120. The van der Waals surface area contributed by atoms with Crippen LogP contribution in [-0.2, 0) is 6.54 Å². The van der Waals surface area contributed by atoms with E-state index in [0.29, 0.717) is 29.8 Å². The molecule has 1 aliphatic rings. The van der Waals surface area contributed by atoms with Crippen molar-refractivity contribution in [3.05, 3.63) is 70.0 Å². The third-order valence-corrected chi connectivity index (χ3v) is 4.12. The first-order valence-corrected chi connectivity index (χ1v) is 7.68. The van der Waals surface area contributed by atoms with Gasteiger partial charge in [-0.05, 0) is 18.2 Å². The molecule has 0 N–H and O–H groups in total. The van der Waals surface area contributed by atoms with Crippen LogP contribution in [0.4, 0.5) is 11.6 Å². The molecule has 114 valence electrons. The summed E-state index contributed by atoms with van der Waals surface area (Å²) in [4.78, 5) is 14.7. The first-order chi connectivity index (χ1) is 11.2. The summed E-state index contributed by atoms with van der Waals surface area (Å²) >= 11 is 6.06. The summed E-state index contributed by atoms with van der Waals surface area (Å²) in [5.41, 5.74) is 1.94. The van der Waals surface area contributed by atoms with Crippen molar-refractivity contribution in [3.63, 3.8) is 0 Å². The van der Waals surface area contributed by atoms with E-state index in [-0.39, 0.29) is 5.56 Å². The highest BCUT2D eigenvalue weighted by Crippen LogP contribution is 2.29. The van der Waals surface area contributed by atoms with Gasteiger partial charge in [-0.1, -0.05) is 48.0 Å². The number of nitrogens with zero attached hydrogens (tertiary/aromatic N) is 4. The molecule has 6 heteroatoms. The highest BCUT2D eigenvalue weighted by atomic mass is 35.5. The van der Waals surface area contributed by atoms with E-state index in [1.165, 1.54) is 0 Å². The quantitative estimate of drug-likeness (QED) is 0.727. The zero-order chi connectivity index (χ0) is 15.8. The fourth-order valence-electron chi connectivity index (χ4n) is 2.78. The van der Waals surface area contributed by atoms with Gasteiger partial charge in [0.25, 0.3) is 5.56 Å². The Labute approximate surface area is 137 Å². The van der Waals surface area contributed by atoms with Gasteiger partial charge in [-0.25, -0.2) is 0 Å². The highest BCUT2D eigenvalue weighted by Gasteiger charge is 2.25. The van der Waals surface area contributed by atoms with Gasteiger partial charge in [0.05, 0.1) is 0 Å². The molecular formula is C17H13ClN4O. The Kier molecular flexibility index (Phi) is 3.35. The second-order valence-corrected chi connectivity index (χ2v) is 5.74. The van der Waals surface area contributed by atoms with Gasteiger partial charge in [-0.15, -0.1) is 10.2 Å². The van der Waals surface area contributed by atoms with Gasteiger partial charge in [0.1, 0.15) is 0 Å². The molecule has 1 aliphatic heterocycles. The summed E-state index contributed by atoms with van der Waals surface area (Å²) in [5.74, 6) is 0.553. The highest BCUT2D eigenvalue weighted by molar-refractivity contribution is 6.30. The van der Waals surface area contributed by atoms with E-state index in [1.807, 2.05) is 59.5 Å². The van der Waals surface area contributed by atoms with E-state index in [9.17, 15) is 4.79 Å². The lowest BCUT2D eigenvalue weighted by atomic mass is 10.2. The third-order valence-electron chi connectivity index (χ3n) is 3.88. The molecule has 23 heavy (non-hydrogen) atoms. The van der Waals surface area contributed by atoms with E-state index < -0.39 is 0 Å². The molecule has 2 aromatic carbocycles. The molecule has 0 amide bonds. The van der Waals surface area contributed by atoms with Gasteiger partial charge in [-0.2, -0.15) is 0 Å². The van der Waals surface area contributed by atoms with Crippen LogP contribution < -0.4 is 10.5 Å². The smallest absolute Gasteiger partial charge is 0.281 e. The number of aromatic nitrogens is 3. The zero-order valence-corrected chi connectivity index (χ0v) is 12.9. The molecule has 2 heterocycles. The number of benzene rings is 2. The van der Waals surface area contributed by atoms with Crippen LogP contribution in [0, 0.1) is 0 Å². The number of anilines is 2. The Morgan fingerprint density at radius 2 is 1.78 bits per heavy atom. The van der Waals surface area contributed by atoms with Crippen molar-refractivity contribution < 1.29 is 0 Å². The number of rotatable bonds is 2. The van der Waals surface area contributed by atoms with Crippen LogP contribution in [0.1, 0.15) is 0 Å². The van der Waals surface area contributed by atoms with Crippen LogP contribution in [0.15, 0.2) is 59.4 Å². The van der Waals surface area contributed by atoms with Crippen molar-refractivity contribution in [3.8, 4) is 11.3 Å². The van der Waals surface area contributed by atoms with Crippen molar-refractivity contribution >= 4 is 23.2 Å². The van der Waals surface area contributed by atoms with Crippen molar-refractivity contribution in [2.75, 3.05) is 11.4 Å². The molecule has 0 aliphatic carbocycles. The molecular weight excluding hydrogens is 312 g/mol. The van der Waals surface area contributed by atoms with Crippen LogP contribution in [0.3, 0.4) is 0 Å². The van der Waals surface area contributed by atoms with Crippen LogP contribution in [0.5, 0.6) is 0 Å². The summed E-state index contributed by atoms with van der Waals surface area (Å²) in [5, 5.41) is 9.09. The Hall–Kier alpha value is -2.66. The molecule has 0 saturated heterocycles. The lowest BCUT2D eigenvalue weighted by Crippen LogP contribution is -2.23. The van der Waals surface area contributed by atoms with E-state index in [1.54, 1.807) is 4.57 Å². The first-order valence-electron chi connectivity index (χ1n) is 7.30. The SMILES string of the molecule is O=c1c(-c2ccccc2)nnc2n1CCN2c1cccc(Cl)c1. The predicted molar refractivity (Wildman–Crippen MR) is 90.2 cm³/mol. The summed E-state index contributed by atoms with van der Waals surface area (Å²) in [6.07, 6.45) is 0. The Morgan fingerprint density at radius 3 is 2.57 bits per heavy atom. The van der Waals surface area contributed by atoms with Crippen LogP contribution in [-0.4, -0.2) is 21.3 Å². The molecule has 5 nitrogen and oxygen atoms in total. The van der Waals surface area contributed by atoms with Crippen LogP contribution in [0.25, 0.3) is 11.3 Å². The van der Waals surface area contributed by atoms with Gasteiger partial charge in [0.2, 0.25) is 5.95 Å². The molecule has 0 fully saturated rings. The second-order valence-electron chi connectivity index (χ2n) is 5.30. The number of halogens is 1. The maximum atomic E-state index is 12.7. The Balaban J connectivity index is 1.80. The van der Waals surface area contributed by atoms with Crippen molar-refractivity contribution in [2.45, 2.75) is 6.54 Å². The lowest BCUT2D eigenvalue weighted by Gasteiger charge is -2.16. The van der Waals surface area contributed by atoms with Crippen molar-refractivity contribution in [1.29, 1.82) is 0 Å². The Bertz CT molecular complexity index is 923. The predicted octanol–water partition coefficient (Wildman–Crippen LogP) is 3.11. The second kappa shape index (κ2) is 5.52. The average Bonchev–Trinajstić information content (AvgIpc) is 3.01. The maximum Gasteiger partial charge on any atom is 0.281 e. The molecule has 4 rings (SSSR count). The average molecular weight is 325 g/mol. The van der Waals surface area contributed by atoms with Gasteiger partial charge >= 0.3 is 0 Å². The first kappa shape index (κ1) is 14.0. The fourth-order valence-corrected chi connectivity index (χ4v) is 2.96. The van der Waals surface area contributed by atoms with E-state index >= 15 is 0 Å². The minimum absolute atomic E-state index is 0.120. The summed E-state index contributed by atoms with van der Waals surface area (Å²) < 4.78 is 1.66. The normalized spacial score (nSPS) is 13.2. The van der Waals surface area contributed by atoms with Crippen molar-refractivity contribution in [1.82, 2.24) is 14.8 Å².